The molecule has 1 saturated heterocycles. The predicted octanol–water partition coefficient (Wildman–Crippen LogP) is 4.37. The van der Waals surface area contributed by atoms with Gasteiger partial charge in [-0.1, -0.05) is 13.0 Å². The van der Waals surface area contributed by atoms with Crippen LogP contribution in [0.4, 0.5) is 0 Å². The lowest BCUT2D eigenvalue weighted by Crippen LogP contribution is -2.53. The summed E-state index contributed by atoms with van der Waals surface area (Å²) in [6.45, 7) is 9.75. The molecule has 4 heteroatoms. The monoisotopic (exact) mass is 368 g/mol. The zero-order valence-corrected chi connectivity index (χ0v) is 16.8. The average Bonchev–Trinajstić information content (AvgIpc) is 2.98. The van der Waals surface area contributed by atoms with Crippen LogP contribution < -0.4 is 0 Å². The SMILES string of the molecule is CCCN1CC(CCn2c(C)ccc2C)OC2c3cc(O)ccc3CCC21. The molecule has 0 spiro atoms. The molecule has 1 aromatic heterocycles. The van der Waals surface area contributed by atoms with E-state index in [0.717, 1.165) is 38.9 Å². The zero-order chi connectivity index (χ0) is 19.0. The lowest BCUT2D eigenvalue weighted by atomic mass is 9.83. The van der Waals surface area contributed by atoms with E-state index < -0.39 is 0 Å². The molecule has 4 rings (SSSR count). The fraction of sp³-hybridized carbons (Fsp3) is 0.565. The number of aryl methyl sites for hydroxylation is 3. The topological polar surface area (TPSA) is 37.6 Å². The molecule has 1 aliphatic carbocycles. The normalized spacial score (nSPS) is 25.2. The first-order valence-electron chi connectivity index (χ1n) is 10.4. The summed E-state index contributed by atoms with van der Waals surface area (Å²) in [4.78, 5) is 2.64. The first-order chi connectivity index (χ1) is 13.1. The number of nitrogens with zero attached hydrogens (tertiary/aromatic N) is 2. The second kappa shape index (κ2) is 7.69. The highest BCUT2D eigenvalue weighted by Gasteiger charge is 2.40. The second-order valence-corrected chi connectivity index (χ2v) is 8.22. The van der Waals surface area contributed by atoms with Gasteiger partial charge in [-0.05, 0) is 81.5 Å². The molecule has 2 aliphatic rings. The van der Waals surface area contributed by atoms with Crippen LogP contribution in [0.1, 0.15) is 54.8 Å². The molecule has 1 aliphatic heterocycles. The zero-order valence-electron chi connectivity index (χ0n) is 16.8. The Balaban J connectivity index is 1.55. The molecule has 146 valence electrons. The van der Waals surface area contributed by atoms with E-state index in [1.165, 1.54) is 28.9 Å². The maximum Gasteiger partial charge on any atom is 0.115 e. The Kier molecular flexibility index (Phi) is 5.29. The highest BCUT2D eigenvalue weighted by atomic mass is 16.5. The quantitative estimate of drug-likeness (QED) is 0.852. The minimum atomic E-state index is 0.0815. The number of aromatic hydroxyl groups is 1. The van der Waals surface area contributed by atoms with Gasteiger partial charge in [0.1, 0.15) is 5.75 Å². The summed E-state index contributed by atoms with van der Waals surface area (Å²) in [6.07, 6.45) is 4.72. The van der Waals surface area contributed by atoms with Crippen molar-refractivity contribution in [2.45, 2.75) is 71.2 Å². The Bertz CT molecular complexity index is 778. The largest absolute Gasteiger partial charge is 0.508 e. The highest BCUT2D eigenvalue weighted by molar-refractivity contribution is 5.39. The molecular weight excluding hydrogens is 336 g/mol. The molecule has 3 unspecified atom stereocenters. The maximum absolute atomic E-state index is 10.0. The average molecular weight is 369 g/mol. The Labute approximate surface area is 162 Å². The molecule has 0 amide bonds. The summed E-state index contributed by atoms with van der Waals surface area (Å²) in [6, 6.07) is 10.6. The van der Waals surface area contributed by atoms with E-state index in [1.54, 1.807) is 6.07 Å². The van der Waals surface area contributed by atoms with Crippen LogP contribution in [0.15, 0.2) is 30.3 Å². The van der Waals surface area contributed by atoms with Crippen molar-refractivity contribution in [1.29, 1.82) is 0 Å². The number of fused-ring (bicyclic) bond motifs is 3. The van der Waals surface area contributed by atoms with Crippen molar-refractivity contribution in [1.82, 2.24) is 9.47 Å². The summed E-state index contributed by atoms with van der Waals surface area (Å²) in [5.41, 5.74) is 5.17. The molecule has 1 fully saturated rings. The lowest BCUT2D eigenvalue weighted by molar-refractivity contribution is -0.131. The van der Waals surface area contributed by atoms with Gasteiger partial charge in [0.25, 0.3) is 0 Å². The van der Waals surface area contributed by atoms with Gasteiger partial charge in [0.2, 0.25) is 0 Å². The smallest absolute Gasteiger partial charge is 0.115 e. The molecule has 4 nitrogen and oxygen atoms in total. The summed E-state index contributed by atoms with van der Waals surface area (Å²) in [5.74, 6) is 0.348. The van der Waals surface area contributed by atoms with Gasteiger partial charge in [-0.3, -0.25) is 4.90 Å². The predicted molar refractivity (Wildman–Crippen MR) is 108 cm³/mol. The van der Waals surface area contributed by atoms with E-state index in [-0.39, 0.29) is 12.2 Å². The highest BCUT2D eigenvalue weighted by Crippen LogP contribution is 2.41. The standard InChI is InChI=1S/C23H32N2O2/c1-4-12-24-15-20(11-13-25-16(2)5-6-17(25)3)27-23-21-14-19(26)9-7-18(21)8-10-22(23)24/h5-7,9,14,20,22-23,26H,4,8,10-13,15H2,1-3H3. The van der Waals surface area contributed by atoms with Crippen molar-refractivity contribution in [3.05, 3.63) is 52.8 Å². The van der Waals surface area contributed by atoms with Crippen molar-refractivity contribution < 1.29 is 9.84 Å². The molecule has 3 atom stereocenters. The molecular formula is C23H32N2O2. The van der Waals surface area contributed by atoms with Crippen molar-refractivity contribution in [3.8, 4) is 5.75 Å². The van der Waals surface area contributed by atoms with Crippen molar-refractivity contribution in [3.63, 3.8) is 0 Å². The number of rotatable bonds is 5. The molecule has 1 N–H and O–H groups in total. The van der Waals surface area contributed by atoms with Crippen LogP contribution in [0.2, 0.25) is 0 Å². The van der Waals surface area contributed by atoms with E-state index in [0.29, 0.717) is 11.8 Å². The minimum absolute atomic E-state index is 0.0815. The number of ether oxygens (including phenoxy) is 1. The third kappa shape index (κ3) is 3.65. The molecule has 0 radical (unpaired) electrons. The van der Waals surface area contributed by atoms with Crippen LogP contribution in [-0.2, 0) is 17.7 Å². The third-order valence-electron chi connectivity index (χ3n) is 6.34. The number of benzene rings is 1. The molecule has 0 bridgehead atoms. The van der Waals surface area contributed by atoms with E-state index in [9.17, 15) is 5.11 Å². The molecule has 27 heavy (non-hydrogen) atoms. The second-order valence-electron chi connectivity index (χ2n) is 8.22. The van der Waals surface area contributed by atoms with Crippen LogP contribution in [0.3, 0.4) is 0 Å². The number of morpholine rings is 1. The van der Waals surface area contributed by atoms with E-state index >= 15 is 0 Å². The minimum Gasteiger partial charge on any atom is -0.508 e. The van der Waals surface area contributed by atoms with E-state index in [4.69, 9.17) is 4.74 Å². The molecule has 2 heterocycles. The van der Waals surface area contributed by atoms with Crippen LogP contribution in [0, 0.1) is 13.8 Å². The summed E-state index contributed by atoms with van der Waals surface area (Å²) in [7, 11) is 0. The van der Waals surface area contributed by atoms with E-state index in [2.05, 4.69) is 48.4 Å². The summed E-state index contributed by atoms with van der Waals surface area (Å²) >= 11 is 0. The van der Waals surface area contributed by atoms with Gasteiger partial charge in [0.15, 0.2) is 0 Å². The number of hydrogen-bond donors (Lipinski definition) is 1. The fourth-order valence-electron chi connectivity index (χ4n) is 4.95. The summed E-state index contributed by atoms with van der Waals surface area (Å²) in [5, 5.41) is 10.0. The van der Waals surface area contributed by atoms with Gasteiger partial charge in [-0.2, -0.15) is 0 Å². The molecule has 2 aromatic rings. The Morgan fingerprint density at radius 1 is 1.11 bits per heavy atom. The third-order valence-corrected chi connectivity index (χ3v) is 6.34. The number of hydrogen-bond acceptors (Lipinski definition) is 3. The van der Waals surface area contributed by atoms with Gasteiger partial charge < -0.3 is 14.4 Å². The van der Waals surface area contributed by atoms with Crippen LogP contribution in [0.25, 0.3) is 0 Å². The van der Waals surface area contributed by atoms with Gasteiger partial charge in [0.05, 0.1) is 12.2 Å². The maximum atomic E-state index is 10.0. The lowest BCUT2D eigenvalue weighted by Gasteiger charge is -2.47. The Hall–Kier alpha value is -1.78. The van der Waals surface area contributed by atoms with Crippen LogP contribution in [-0.4, -0.2) is 39.8 Å². The van der Waals surface area contributed by atoms with Crippen molar-refractivity contribution in [2.24, 2.45) is 0 Å². The number of phenols is 1. The first-order valence-corrected chi connectivity index (χ1v) is 10.4. The summed E-state index contributed by atoms with van der Waals surface area (Å²) < 4.78 is 9.05. The first kappa shape index (κ1) is 18.6. The van der Waals surface area contributed by atoms with Crippen LogP contribution >= 0.6 is 0 Å². The van der Waals surface area contributed by atoms with Crippen molar-refractivity contribution >= 4 is 0 Å². The van der Waals surface area contributed by atoms with Gasteiger partial charge in [0, 0.05) is 30.5 Å². The van der Waals surface area contributed by atoms with E-state index in [1.807, 2.05) is 6.07 Å². The Morgan fingerprint density at radius 2 is 1.89 bits per heavy atom. The fourth-order valence-corrected chi connectivity index (χ4v) is 4.95. The molecule has 1 aromatic carbocycles. The number of aromatic nitrogens is 1. The van der Waals surface area contributed by atoms with Gasteiger partial charge >= 0.3 is 0 Å². The number of phenolic OH excluding ortho intramolecular Hbond substituents is 1. The van der Waals surface area contributed by atoms with Gasteiger partial charge in [-0.25, -0.2) is 0 Å². The van der Waals surface area contributed by atoms with Gasteiger partial charge in [-0.15, -0.1) is 0 Å². The van der Waals surface area contributed by atoms with Crippen molar-refractivity contribution in [2.75, 3.05) is 13.1 Å². The van der Waals surface area contributed by atoms with Crippen LogP contribution in [0.5, 0.6) is 5.75 Å². The molecule has 0 saturated carbocycles. The Morgan fingerprint density at radius 3 is 2.63 bits per heavy atom.